The minimum absolute atomic E-state index is 0.215. The van der Waals surface area contributed by atoms with E-state index in [4.69, 9.17) is 0 Å². The van der Waals surface area contributed by atoms with Crippen molar-refractivity contribution < 1.29 is 9.59 Å². The number of benzene rings is 1. The number of imidazole rings is 1. The lowest BCUT2D eigenvalue weighted by Crippen LogP contribution is -2.26. The molecule has 2 heterocycles. The van der Waals surface area contributed by atoms with Crippen LogP contribution in [-0.2, 0) is 0 Å². The zero-order chi connectivity index (χ0) is 19.4. The molecule has 27 heavy (non-hydrogen) atoms. The number of unbranched alkanes of at least 4 members (excludes halogenated alkanes) is 1. The van der Waals surface area contributed by atoms with E-state index in [0.717, 1.165) is 24.0 Å². The van der Waals surface area contributed by atoms with Crippen LogP contribution >= 0.6 is 0 Å². The molecule has 0 saturated carbocycles. The topological polar surface area (TPSA) is 75.5 Å². The molecule has 0 radical (unpaired) electrons. The lowest BCUT2D eigenvalue weighted by atomic mass is 10.1. The predicted octanol–water partition coefficient (Wildman–Crippen LogP) is 3.73. The predicted molar refractivity (Wildman–Crippen MR) is 106 cm³/mol. The first-order chi connectivity index (χ1) is 13.0. The van der Waals surface area contributed by atoms with Gasteiger partial charge in [0.05, 0.1) is 5.52 Å². The summed E-state index contributed by atoms with van der Waals surface area (Å²) >= 11 is 0. The number of pyridine rings is 1. The molecule has 0 unspecified atom stereocenters. The highest BCUT2D eigenvalue weighted by Gasteiger charge is 2.21. The van der Waals surface area contributed by atoms with Crippen molar-refractivity contribution in [2.24, 2.45) is 0 Å². The number of nitrogens with one attached hydrogen (secondary N) is 2. The van der Waals surface area contributed by atoms with E-state index >= 15 is 0 Å². The Hall–Kier alpha value is -3.15. The van der Waals surface area contributed by atoms with Gasteiger partial charge in [0.25, 0.3) is 11.8 Å². The number of hydrogen-bond acceptors (Lipinski definition) is 3. The van der Waals surface area contributed by atoms with Crippen molar-refractivity contribution in [3.05, 3.63) is 65.2 Å². The SMILES string of the molecule is CCCCNC(=O)c1nc(C(=O)Nc2cc(C)cc(C)c2)c2ccccn12. The highest BCUT2D eigenvalue weighted by atomic mass is 16.2. The average molecular weight is 364 g/mol. The van der Waals surface area contributed by atoms with E-state index in [1.54, 1.807) is 16.7 Å². The van der Waals surface area contributed by atoms with E-state index < -0.39 is 0 Å². The van der Waals surface area contributed by atoms with E-state index in [1.807, 2.05) is 44.2 Å². The molecule has 0 aliphatic rings. The Balaban J connectivity index is 1.92. The summed E-state index contributed by atoms with van der Waals surface area (Å²) in [5, 5.41) is 5.75. The maximum atomic E-state index is 12.8. The molecule has 6 heteroatoms. The molecule has 1 aromatic carbocycles. The van der Waals surface area contributed by atoms with Gasteiger partial charge in [-0.1, -0.05) is 25.5 Å². The smallest absolute Gasteiger partial charge is 0.287 e. The maximum Gasteiger partial charge on any atom is 0.287 e. The molecule has 2 aromatic heterocycles. The third-order valence-electron chi connectivity index (χ3n) is 4.26. The second-order valence-electron chi connectivity index (χ2n) is 6.68. The van der Waals surface area contributed by atoms with Crippen LogP contribution in [0.1, 0.15) is 52.0 Å². The molecule has 0 aliphatic carbocycles. The average Bonchev–Trinajstić information content (AvgIpc) is 3.01. The third-order valence-corrected chi connectivity index (χ3v) is 4.26. The number of rotatable bonds is 6. The molecule has 3 rings (SSSR count). The number of aromatic nitrogens is 2. The van der Waals surface area contributed by atoms with Crippen molar-refractivity contribution in [1.82, 2.24) is 14.7 Å². The summed E-state index contributed by atoms with van der Waals surface area (Å²) in [4.78, 5) is 29.7. The van der Waals surface area contributed by atoms with E-state index in [-0.39, 0.29) is 23.3 Å². The normalized spacial score (nSPS) is 10.8. The van der Waals surface area contributed by atoms with E-state index in [0.29, 0.717) is 17.7 Å². The summed E-state index contributed by atoms with van der Waals surface area (Å²) in [7, 11) is 0. The van der Waals surface area contributed by atoms with Crippen molar-refractivity contribution in [2.45, 2.75) is 33.6 Å². The lowest BCUT2D eigenvalue weighted by molar-refractivity contribution is 0.0942. The molecule has 3 aromatic rings. The quantitative estimate of drug-likeness (QED) is 0.654. The minimum atomic E-state index is -0.337. The van der Waals surface area contributed by atoms with Crippen LogP contribution in [0, 0.1) is 13.8 Å². The second kappa shape index (κ2) is 8.03. The van der Waals surface area contributed by atoms with Crippen LogP contribution in [0.3, 0.4) is 0 Å². The van der Waals surface area contributed by atoms with Gasteiger partial charge >= 0.3 is 0 Å². The van der Waals surface area contributed by atoms with Crippen molar-refractivity contribution in [3.8, 4) is 0 Å². The summed E-state index contributed by atoms with van der Waals surface area (Å²) in [6, 6.07) is 11.3. The van der Waals surface area contributed by atoms with E-state index in [1.165, 1.54) is 0 Å². The van der Waals surface area contributed by atoms with Crippen LogP contribution in [-0.4, -0.2) is 27.7 Å². The van der Waals surface area contributed by atoms with Gasteiger partial charge in [-0.2, -0.15) is 0 Å². The largest absolute Gasteiger partial charge is 0.349 e. The van der Waals surface area contributed by atoms with Gasteiger partial charge in [0, 0.05) is 18.4 Å². The number of anilines is 1. The molecule has 0 spiro atoms. The van der Waals surface area contributed by atoms with Crippen LogP contribution in [0.15, 0.2) is 42.6 Å². The van der Waals surface area contributed by atoms with Crippen LogP contribution < -0.4 is 10.6 Å². The van der Waals surface area contributed by atoms with Gasteiger partial charge in [-0.05, 0) is 55.7 Å². The highest BCUT2D eigenvalue weighted by molar-refractivity contribution is 6.09. The lowest BCUT2D eigenvalue weighted by Gasteiger charge is -2.06. The Bertz CT molecular complexity index is 971. The minimum Gasteiger partial charge on any atom is -0.349 e. The fourth-order valence-corrected chi connectivity index (χ4v) is 3.06. The van der Waals surface area contributed by atoms with Gasteiger partial charge in [-0.15, -0.1) is 0 Å². The molecule has 0 saturated heterocycles. The summed E-state index contributed by atoms with van der Waals surface area (Å²) in [6.07, 6.45) is 3.63. The molecule has 0 atom stereocenters. The summed E-state index contributed by atoms with van der Waals surface area (Å²) in [5.41, 5.74) is 3.67. The molecule has 0 fully saturated rings. The van der Waals surface area contributed by atoms with Gasteiger partial charge in [0.1, 0.15) is 0 Å². The van der Waals surface area contributed by atoms with Crippen LogP contribution in [0.4, 0.5) is 5.69 Å². The third kappa shape index (κ3) is 4.16. The molecular weight excluding hydrogens is 340 g/mol. The molecule has 0 bridgehead atoms. The number of nitrogens with zero attached hydrogens (tertiary/aromatic N) is 2. The van der Waals surface area contributed by atoms with Crippen molar-refractivity contribution >= 4 is 23.0 Å². The monoisotopic (exact) mass is 364 g/mol. The van der Waals surface area contributed by atoms with Crippen molar-refractivity contribution in [2.75, 3.05) is 11.9 Å². The highest BCUT2D eigenvalue weighted by Crippen LogP contribution is 2.18. The molecule has 2 amide bonds. The molecule has 6 nitrogen and oxygen atoms in total. The Kier molecular flexibility index (Phi) is 5.54. The summed E-state index contributed by atoms with van der Waals surface area (Å²) in [6.45, 7) is 6.61. The zero-order valence-electron chi connectivity index (χ0n) is 15.9. The number of carbonyl (C=O) groups is 2. The number of carbonyl (C=O) groups excluding carboxylic acids is 2. The molecular formula is C21H24N4O2. The number of aryl methyl sites for hydroxylation is 2. The fourth-order valence-electron chi connectivity index (χ4n) is 3.06. The number of fused-ring (bicyclic) bond motifs is 1. The first kappa shape index (κ1) is 18.6. The first-order valence-electron chi connectivity index (χ1n) is 9.14. The Morgan fingerprint density at radius 1 is 1.07 bits per heavy atom. The second-order valence-corrected chi connectivity index (χ2v) is 6.68. The Labute approximate surface area is 158 Å². The molecule has 2 N–H and O–H groups in total. The zero-order valence-corrected chi connectivity index (χ0v) is 15.9. The Morgan fingerprint density at radius 3 is 2.52 bits per heavy atom. The summed E-state index contributed by atoms with van der Waals surface area (Å²) < 4.78 is 1.65. The van der Waals surface area contributed by atoms with Crippen molar-refractivity contribution in [1.29, 1.82) is 0 Å². The van der Waals surface area contributed by atoms with Gasteiger partial charge in [-0.25, -0.2) is 4.98 Å². The van der Waals surface area contributed by atoms with Gasteiger partial charge < -0.3 is 10.6 Å². The first-order valence-corrected chi connectivity index (χ1v) is 9.14. The summed E-state index contributed by atoms with van der Waals surface area (Å²) in [5.74, 6) is -0.404. The molecule has 140 valence electrons. The van der Waals surface area contributed by atoms with Crippen molar-refractivity contribution in [3.63, 3.8) is 0 Å². The van der Waals surface area contributed by atoms with Gasteiger partial charge in [0.15, 0.2) is 5.69 Å². The van der Waals surface area contributed by atoms with Crippen LogP contribution in [0.2, 0.25) is 0 Å². The number of amides is 2. The maximum absolute atomic E-state index is 12.8. The standard InChI is InChI=1S/C21H24N4O2/c1-4-5-9-22-21(27)19-24-18(17-8-6-7-10-25(17)19)20(26)23-16-12-14(2)11-15(3)13-16/h6-8,10-13H,4-5,9H2,1-3H3,(H,22,27)(H,23,26). The fraction of sp³-hybridized carbons (Fsp3) is 0.286. The van der Waals surface area contributed by atoms with E-state index in [2.05, 4.69) is 22.5 Å². The van der Waals surface area contributed by atoms with Crippen LogP contribution in [0.5, 0.6) is 0 Å². The Morgan fingerprint density at radius 2 is 1.81 bits per heavy atom. The van der Waals surface area contributed by atoms with Crippen LogP contribution in [0.25, 0.3) is 5.52 Å². The molecule has 0 aliphatic heterocycles. The number of hydrogen-bond donors (Lipinski definition) is 2. The van der Waals surface area contributed by atoms with Gasteiger partial charge in [0.2, 0.25) is 5.82 Å². The van der Waals surface area contributed by atoms with E-state index in [9.17, 15) is 9.59 Å². The van der Waals surface area contributed by atoms with Gasteiger partial charge in [-0.3, -0.25) is 14.0 Å².